The van der Waals surface area contributed by atoms with Crippen molar-refractivity contribution >= 4 is 5.69 Å². The van der Waals surface area contributed by atoms with Gasteiger partial charge in [0.25, 0.3) is 0 Å². The van der Waals surface area contributed by atoms with Gasteiger partial charge in [-0.3, -0.25) is 0 Å². The second-order valence-corrected chi connectivity index (χ2v) is 5.08. The fourth-order valence-corrected chi connectivity index (χ4v) is 1.29. The molecule has 1 rings (SSSR count). The van der Waals surface area contributed by atoms with Crippen LogP contribution < -0.4 is 15.2 Å². The third-order valence-electron chi connectivity index (χ3n) is 2.17. The van der Waals surface area contributed by atoms with E-state index in [1.54, 1.807) is 0 Å². The lowest BCUT2D eigenvalue weighted by atomic mass is 10.2. The lowest BCUT2D eigenvalue weighted by molar-refractivity contribution is 0.260. The number of rotatable bonds is 6. The van der Waals surface area contributed by atoms with E-state index in [2.05, 4.69) is 27.7 Å². The Bertz CT molecular complexity index is 318. The Balaban J connectivity index is 2.69. The van der Waals surface area contributed by atoms with E-state index >= 15 is 0 Å². The molecule has 0 unspecified atom stereocenters. The highest BCUT2D eigenvalue weighted by Crippen LogP contribution is 2.31. The average molecular weight is 237 g/mol. The van der Waals surface area contributed by atoms with Crippen molar-refractivity contribution in [1.29, 1.82) is 0 Å². The van der Waals surface area contributed by atoms with Gasteiger partial charge in [0.15, 0.2) is 0 Å². The van der Waals surface area contributed by atoms with Crippen LogP contribution >= 0.6 is 0 Å². The number of ether oxygens (including phenoxy) is 2. The summed E-state index contributed by atoms with van der Waals surface area (Å²) in [6, 6.07) is 5.65. The van der Waals surface area contributed by atoms with Crippen molar-refractivity contribution in [2.24, 2.45) is 11.8 Å². The molecule has 0 aromatic heterocycles. The van der Waals surface area contributed by atoms with Crippen LogP contribution in [0.3, 0.4) is 0 Å². The molecule has 2 N–H and O–H groups in total. The molecule has 1 aromatic rings. The molecule has 0 fully saturated rings. The van der Waals surface area contributed by atoms with Crippen molar-refractivity contribution in [3.63, 3.8) is 0 Å². The van der Waals surface area contributed by atoms with Crippen molar-refractivity contribution in [1.82, 2.24) is 0 Å². The van der Waals surface area contributed by atoms with E-state index in [-0.39, 0.29) is 0 Å². The molecule has 3 heteroatoms. The number of hydrogen-bond acceptors (Lipinski definition) is 3. The first-order valence-electron chi connectivity index (χ1n) is 6.14. The monoisotopic (exact) mass is 237 g/mol. The third-order valence-corrected chi connectivity index (χ3v) is 2.17. The van der Waals surface area contributed by atoms with Crippen LogP contribution in [0.2, 0.25) is 0 Å². The van der Waals surface area contributed by atoms with Crippen molar-refractivity contribution < 1.29 is 9.47 Å². The molecule has 0 aliphatic heterocycles. The molecule has 1 aromatic carbocycles. The van der Waals surface area contributed by atoms with Gasteiger partial charge in [0, 0.05) is 0 Å². The minimum Gasteiger partial charge on any atom is -0.491 e. The number of hydrogen-bond donors (Lipinski definition) is 1. The Hall–Kier alpha value is -1.38. The minimum absolute atomic E-state index is 0.481. The predicted octanol–water partition coefficient (Wildman–Crippen LogP) is 3.34. The fourth-order valence-electron chi connectivity index (χ4n) is 1.29. The number of nitrogens with two attached hydrogens (primary N) is 1. The smallest absolute Gasteiger partial charge is 0.146 e. The standard InChI is InChI=1S/C14H23NO2/c1-10(2)8-16-12-6-5-7-13(14(12)15)17-9-11(3)4/h5-7,10-11H,8-9,15H2,1-4H3. The number of anilines is 1. The maximum atomic E-state index is 6.01. The molecular weight excluding hydrogens is 214 g/mol. The maximum Gasteiger partial charge on any atom is 0.146 e. The van der Waals surface area contributed by atoms with Crippen LogP contribution in [0.15, 0.2) is 18.2 Å². The van der Waals surface area contributed by atoms with Gasteiger partial charge < -0.3 is 15.2 Å². The van der Waals surface area contributed by atoms with Gasteiger partial charge in [-0.05, 0) is 24.0 Å². The molecule has 96 valence electrons. The molecule has 0 heterocycles. The topological polar surface area (TPSA) is 44.5 Å². The Labute approximate surface area is 104 Å². The van der Waals surface area contributed by atoms with Crippen molar-refractivity contribution in [3.05, 3.63) is 18.2 Å². The summed E-state index contributed by atoms with van der Waals surface area (Å²) in [4.78, 5) is 0. The van der Waals surface area contributed by atoms with Gasteiger partial charge in [0.1, 0.15) is 17.2 Å². The number of nitrogen functional groups attached to an aromatic ring is 1. The van der Waals surface area contributed by atoms with Crippen molar-refractivity contribution in [3.8, 4) is 11.5 Å². The van der Waals surface area contributed by atoms with E-state index in [1.807, 2.05) is 18.2 Å². The predicted molar refractivity (Wildman–Crippen MR) is 71.5 cm³/mol. The molecule has 0 aliphatic rings. The molecule has 0 amide bonds. The van der Waals surface area contributed by atoms with E-state index < -0.39 is 0 Å². The van der Waals surface area contributed by atoms with Gasteiger partial charge in [-0.25, -0.2) is 0 Å². The molecule has 3 nitrogen and oxygen atoms in total. The van der Waals surface area contributed by atoms with Crippen LogP contribution in [0.1, 0.15) is 27.7 Å². The largest absolute Gasteiger partial charge is 0.491 e. The first-order chi connectivity index (χ1) is 8.00. The molecule has 0 spiro atoms. The SMILES string of the molecule is CC(C)COc1cccc(OCC(C)C)c1N. The molecule has 0 saturated carbocycles. The zero-order valence-electron chi connectivity index (χ0n) is 11.2. The zero-order chi connectivity index (χ0) is 12.8. The van der Waals surface area contributed by atoms with Gasteiger partial charge in [-0.1, -0.05) is 33.8 Å². The summed E-state index contributed by atoms with van der Waals surface area (Å²) in [6.45, 7) is 9.75. The Morgan fingerprint density at radius 3 is 1.71 bits per heavy atom. The highest BCUT2D eigenvalue weighted by molar-refractivity contribution is 5.62. The summed E-state index contributed by atoms with van der Waals surface area (Å²) in [5, 5.41) is 0. The van der Waals surface area contributed by atoms with Crippen LogP contribution in [0.25, 0.3) is 0 Å². The lowest BCUT2D eigenvalue weighted by Crippen LogP contribution is -2.09. The first-order valence-corrected chi connectivity index (χ1v) is 6.14. The maximum absolute atomic E-state index is 6.01. The van der Waals surface area contributed by atoms with Crippen LogP contribution in [0.4, 0.5) is 5.69 Å². The number of para-hydroxylation sites is 1. The normalized spacial score (nSPS) is 10.9. The quantitative estimate of drug-likeness (QED) is 0.772. The Morgan fingerprint density at radius 2 is 1.35 bits per heavy atom. The summed E-state index contributed by atoms with van der Waals surface area (Å²) < 4.78 is 11.3. The summed E-state index contributed by atoms with van der Waals surface area (Å²) in [6.07, 6.45) is 0. The summed E-state index contributed by atoms with van der Waals surface area (Å²) >= 11 is 0. The van der Waals surface area contributed by atoms with Crippen molar-refractivity contribution in [2.75, 3.05) is 18.9 Å². The van der Waals surface area contributed by atoms with Gasteiger partial charge in [0.05, 0.1) is 13.2 Å². The lowest BCUT2D eigenvalue weighted by Gasteiger charge is -2.15. The molecular formula is C14H23NO2. The van der Waals surface area contributed by atoms with E-state index in [1.165, 1.54) is 0 Å². The second-order valence-electron chi connectivity index (χ2n) is 5.08. The number of benzene rings is 1. The highest BCUT2D eigenvalue weighted by atomic mass is 16.5. The van der Waals surface area contributed by atoms with E-state index in [9.17, 15) is 0 Å². The fraction of sp³-hybridized carbons (Fsp3) is 0.571. The summed E-state index contributed by atoms with van der Waals surface area (Å²) in [5.41, 5.74) is 6.60. The van der Waals surface area contributed by atoms with E-state index in [4.69, 9.17) is 15.2 Å². The molecule has 0 aliphatic carbocycles. The van der Waals surface area contributed by atoms with Crippen molar-refractivity contribution in [2.45, 2.75) is 27.7 Å². The van der Waals surface area contributed by atoms with Crippen LogP contribution in [0, 0.1) is 11.8 Å². The van der Waals surface area contributed by atoms with Gasteiger partial charge >= 0.3 is 0 Å². The zero-order valence-corrected chi connectivity index (χ0v) is 11.2. The minimum atomic E-state index is 0.481. The molecule has 0 radical (unpaired) electrons. The van der Waals surface area contributed by atoms with Crippen LogP contribution in [-0.2, 0) is 0 Å². The first kappa shape index (κ1) is 13.7. The summed E-state index contributed by atoms with van der Waals surface area (Å²) in [7, 11) is 0. The molecule has 17 heavy (non-hydrogen) atoms. The van der Waals surface area contributed by atoms with Gasteiger partial charge in [0.2, 0.25) is 0 Å². The van der Waals surface area contributed by atoms with E-state index in [0.717, 1.165) is 0 Å². The third kappa shape index (κ3) is 4.55. The summed E-state index contributed by atoms with van der Waals surface area (Å²) in [5.74, 6) is 2.38. The molecule has 0 atom stereocenters. The Kier molecular flexibility index (Phi) is 5.13. The van der Waals surface area contributed by atoms with Crippen LogP contribution in [0.5, 0.6) is 11.5 Å². The van der Waals surface area contributed by atoms with Gasteiger partial charge in [-0.2, -0.15) is 0 Å². The van der Waals surface area contributed by atoms with Gasteiger partial charge in [-0.15, -0.1) is 0 Å². The molecule has 0 bridgehead atoms. The average Bonchev–Trinajstić information content (AvgIpc) is 2.25. The van der Waals surface area contributed by atoms with Crippen LogP contribution in [-0.4, -0.2) is 13.2 Å². The highest BCUT2D eigenvalue weighted by Gasteiger charge is 2.08. The molecule has 0 saturated heterocycles. The second kappa shape index (κ2) is 6.38. The Morgan fingerprint density at radius 1 is 0.941 bits per heavy atom. The van der Waals surface area contributed by atoms with E-state index in [0.29, 0.717) is 42.2 Å².